The maximum absolute atomic E-state index is 13.5. The predicted octanol–water partition coefficient (Wildman–Crippen LogP) is 7.92. The van der Waals surface area contributed by atoms with Gasteiger partial charge in [0.2, 0.25) is 0 Å². The Hall–Kier alpha value is -2.70. The summed E-state index contributed by atoms with van der Waals surface area (Å²) in [5.74, 6) is -0.656. The summed E-state index contributed by atoms with van der Waals surface area (Å²) in [6.07, 6.45) is 0. The molecule has 0 saturated heterocycles. The van der Waals surface area contributed by atoms with Gasteiger partial charge in [-0.1, -0.05) is 24.3 Å². The number of nitrogens with zero attached hydrogens (tertiary/aromatic N) is 2. The lowest BCUT2D eigenvalue weighted by atomic mass is 10.0. The van der Waals surface area contributed by atoms with Gasteiger partial charge in [-0.25, -0.2) is 18.7 Å². The van der Waals surface area contributed by atoms with Crippen LogP contribution in [-0.2, 0) is 0 Å². The molecule has 0 spiro atoms. The topological polar surface area (TPSA) is 25.8 Å². The van der Waals surface area contributed by atoms with E-state index in [2.05, 4.69) is 31.9 Å². The van der Waals surface area contributed by atoms with E-state index in [9.17, 15) is 8.78 Å². The minimum atomic E-state index is -0.328. The second-order valence-electron chi connectivity index (χ2n) is 6.81. The molecular formula is C24H12Br2F2N2. The molecule has 4 aromatic carbocycles. The van der Waals surface area contributed by atoms with E-state index in [1.807, 2.05) is 24.3 Å². The largest absolute Gasteiger partial charge is 0.243 e. The van der Waals surface area contributed by atoms with Gasteiger partial charge in [0.25, 0.3) is 0 Å². The fraction of sp³-hybridized carbons (Fsp3) is 0. The highest BCUT2D eigenvalue weighted by Crippen LogP contribution is 2.40. The molecule has 1 aromatic heterocycles. The summed E-state index contributed by atoms with van der Waals surface area (Å²) in [4.78, 5) is 9.86. The van der Waals surface area contributed by atoms with Crippen molar-refractivity contribution in [2.75, 3.05) is 0 Å². The van der Waals surface area contributed by atoms with Crippen LogP contribution in [0.5, 0.6) is 0 Å². The monoisotopic (exact) mass is 524 g/mol. The van der Waals surface area contributed by atoms with Gasteiger partial charge in [0, 0.05) is 11.1 Å². The minimum Gasteiger partial charge on any atom is -0.243 e. The summed E-state index contributed by atoms with van der Waals surface area (Å²) in [5, 5.41) is 2.01. The van der Waals surface area contributed by atoms with Crippen LogP contribution in [0.2, 0.25) is 0 Å². The highest BCUT2D eigenvalue weighted by atomic mass is 79.9. The normalized spacial score (nSPS) is 11.3. The smallest absolute Gasteiger partial charge is 0.123 e. The van der Waals surface area contributed by atoms with Crippen molar-refractivity contribution in [1.82, 2.24) is 9.97 Å². The van der Waals surface area contributed by atoms with Gasteiger partial charge >= 0.3 is 0 Å². The number of benzene rings is 4. The van der Waals surface area contributed by atoms with Crippen LogP contribution < -0.4 is 0 Å². The third-order valence-electron chi connectivity index (χ3n) is 4.95. The van der Waals surface area contributed by atoms with E-state index in [0.717, 1.165) is 30.8 Å². The summed E-state index contributed by atoms with van der Waals surface area (Å²) in [6.45, 7) is 0. The molecule has 2 nitrogen and oxygen atoms in total. The molecule has 0 aliphatic rings. The van der Waals surface area contributed by atoms with Gasteiger partial charge in [0.05, 0.1) is 20.3 Å². The number of hydrogen-bond acceptors (Lipinski definition) is 2. The van der Waals surface area contributed by atoms with E-state index in [0.29, 0.717) is 22.4 Å². The molecule has 5 aromatic rings. The standard InChI is InChI=1S/C24H12Br2F2N2/c25-19-17-3-1-2-4-18(17)20(26)24-23(19)29-21(13-5-9-15(27)10-6-13)22(30-24)14-7-11-16(28)12-8-14/h1-12H. The third-order valence-corrected chi connectivity index (χ3v) is 6.55. The second-order valence-corrected chi connectivity index (χ2v) is 8.39. The highest BCUT2D eigenvalue weighted by molar-refractivity contribution is 9.11. The Balaban J connectivity index is 1.91. The van der Waals surface area contributed by atoms with Crippen LogP contribution >= 0.6 is 31.9 Å². The fourth-order valence-electron chi connectivity index (χ4n) is 3.48. The van der Waals surface area contributed by atoms with Gasteiger partial charge in [0.1, 0.15) is 22.7 Å². The summed E-state index contributed by atoms with van der Waals surface area (Å²) >= 11 is 7.38. The van der Waals surface area contributed by atoms with E-state index in [-0.39, 0.29) is 11.6 Å². The van der Waals surface area contributed by atoms with Gasteiger partial charge < -0.3 is 0 Å². The van der Waals surface area contributed by atoms with E-state index in [1.165, 1.54) is 24.3 Å². The number of hydrogen-bond donors (Lipinski definition) is 0. The van der Waals surface area contributed by atoms with E-state index >= 15 is 0 Å². The van der Waals surface area contributed by atoms with E-state index in [4.69, 9.17) is 9.97 Å². The van der Waals surface area contributed by atoms with Crippen LogP contribution in [0.4, 0.5) is 8.78 Å². The van der Waals surface area contributed by atoms with Crippen molar-refractivity contribution in [3.05, 3.63) is 93.4 Å². The lowest BCUT2D eigenvalue weighted by molar-refractivity contribution is 0.627. The molecule has 0 saturated carbocycles. The van der Waals surface area contributed by atoms with Crippen molar-refractivity contribution in [2.24, 2.45) is 0 Å². The summed E-state index contributed by atoms with van der Waals surface area (Å²) in [5.41, 5.74) is 4.01. The Morgan fingerprint density at radius 3 is 1.27 bits per heavy atom. The van der Waals surface area contributed by atoms with Gasteiger partial charge in [0.15, 0.2) is 0 Å². The van der Waals surface area contributed by atoms with Crippen LogP contribution in [0.3, 0.4) is 0 Å². The van der Waals surface area contributed by atoms with Crippen molar-refractivity contribution < 1.29 is 8.78 Å². The van der Waals surface area contributed by atoms with Crippen LogP contribution in [0.15, 0.2) is 81.7 Å². The molecule has 0 amide bonds. The Morgan fingerprint density at radius 2 is 0.900 bits per heavy atom. The molecule has 0 atom stereocenters. The molecule has 30 heavy (non-hydrogen) atoms. The molecule has 0 fully saturated rings. The molecule has 0 radical (unpaired) electrons. The molecule has 0 N–H and O–H groups in total. The van der Waals surface area contributed by atoms with Crippen molar-refractivity contribution >= 4 is 53.7 Å². The summed E-state index contributed by atoms with van der Waals surface area (Å²) < 4.78 is 28.7. The van der Waals surface area contributed by atoms with E-state index < -0.39 is 0 Å². The van der Waals surface area contributed by atoms with Gasteiger partial charge in [-0.15, -0.1) is 0 Å². The minimum absolute atomic E-state index is 0.328. The molecule has 146 valence electrons. The van der Waals surface area contributed by atoms with E-state index in [1.54, 1.807) is 24.3 Å². The highest BCUT2D eigenvalue weighted by Gasteiger charge is 2.19. The number of fused-ring (bicyclic) bond motifs is 2. The first kappa shape index (κ1) is 19.3. The molecule has 5 rings (SSSR count). The zero-order valence-electron chi connectivity index (χ0n) is 15.3. The molecule has 0 aliphatic heterocycles. The Labute approximate surface area is 187 Å². The van der Waals surface area contributed by atoms with Crippen molar-refractivity contribution in [3.63, 3.8) is 0 Å². The predicted molar refractivity (Wildman–Crippen MR) is 123 cm³/mol. The second kappa shape index (κ2) is 7.52. The fourth-order valence-corrected chi connectivity index (χ4v) is 4.72. The summed E-state index contributed by atoms with van der Waals surface area (Å²) in [7, 11) is 0. The van der Waals surface area contributed by atoms with Crippen LogP contribution in [0, 0.1) is 11.6 Å². The third kappa shape index (κ3) is 3.20. The molecule has 0 bridgehead atoms. The van der Waals surface area contributed by atoms with Gasteiger partial charge in [-0.3, -0.25) is 0 Å². The van der Waals surface area contributed by atoms with Crippen molar-refractivity contribution in [3.8, 4) is 22.5 Å². The average Bonchev–Trinajstić information content (AvgIpc) is 2.78. The zero-order valence-corrected chi connectivity index (χ0v) is 18.5. The number of rotatable bonds is 2. The average molecular weight is 526 g/mol. The Kier molecular flexibility index (Phi) is 4.83. The molecule has 6 heteroatoms. The Bertz CT molecular complexity index is 1310. The Morgan fingerprint density at radius 1 is 0.533 bits per heavy atom. The lowest BCUT2D eigenvalue weighted by Gasteiger charge is -2.14. The summed E-state index contributed by atoms with van der Waals surface area (Å²) in [6, 6.07) is 20.2. The van der Waals surface area contributed by atoms with Crippen molar-refractivity contribution in [2.45, 2.75) is 0 Å². The first-order valence-corrected chi connectivity index (χ1v) is 10.7. The van der Waals surface area contributed by atoms with Crippen LogP contribution in [0.25, 0.3) is 44.3 Å². The quantitative estimate of drug-likeness (QED) is 0.219. The van der Waals surface area contributed by atoms with Gasteiger partial charge in [-0.05, 0) is 91.2 Å². The molecular weight excluding hydrogens is 514 g/mol. The van der Waals surface area contributed by atoms with Crippen molar-refractivity contribution in [1.29, 1.82) is 0 Å². The maximum Gasteiger partial charge on any atom is 0.123 e. The first-order valence-electron chi connectivity index (χ1n) is 9.12. The molecule has 0 aliphatic carbocycles. The molecule has 0 unspecified atom stereocenters. The molecule has 1 heterocycles. The number of aromatic nitrogens is 2. The van der Waals surface area contributed by atoms with Crippen LogP contribution in [-0.4, -0.2) is 9.97 Å². The zero-order chi connectivity index (χ0) is 20.8. The van der Waals surface area contributed by atoms with Crippen LogP contribution in [0.1, 0.15) is 0 Å². The lowest BCUT2D eigenvalue weighted by Crippen LogP contribution is -1.98. The SMILES string of the molecule is Fc1ccc(-c2nc3c(Br)c4ccccc4c(Br)c3nc2-c2ccc(F)cc2)cc1. The van der Waals surface area contributed by atoms with Gasteiger partial charge in [-0.2, -0.15) is 0 Å². The first-order chi connectivity index (χ1) is 14.5. The number of halogens is 4. The maximum atomic E-state index is 13.5.